The van der Waals surface area contributed by atoms with Crippen molar-refractivity contribution in [2.75, 3.05) is 37.7 Å². The van der Waals surface area contributed by atoms with Crippen LogP contribution in [0.15, 0.2) is 48.5 Å². The van der Waals surface area contributed by atoms with Crippen molar-refractivity contribution in [1.82, 2.24) is 4.90 Å². The minimum atomic E-state index is -0.402. The summed E-state index contributed by atoms with van der Waals surface area (Å²) in [5.41, 5.74) is 1.68. The zero-order valence-electron chi connectivity index (χ0n) is 16.9. The van der Waals surface area contributed by atoms with Crippen molar-refractivity contribution in [2.24, 2.45) is 5.92 Å². The summed E-state index contributed by atoms with van der Waals surface area (Å²) in [4.78, 5) is 27.1. The van der Waals surface area contributed by atoms with Crippen LogP contribution in [0.4, 0.5) is 11.4 Å². The number of hydrogen-bond donors (Lipinski definition) is 0. The predicted octanol–water partition coefficient (Wildman–Crippen LogP) is 3.98. The molecule has 154 valence electrons. The molecule has 7 nitrogen and oxygen atoms in total. The van der Waals surface area contributed by atoms with Crippen LogP contribution in [0.1, 0.15) is 30.6 Å². The third-order valence-corrected chi connectivity index (χ3v) is 5.06. The summed E-state index contributed by atoms with van der Waals surface area (Å²) in [5.74, 6) is 1.40. The van der Waals surface area contributed by atoms with Gasteiger partial charge in [-0.3, -0.25) is 14.9 Å². The van der Waals surface area contributed by atoms with Crippen LogP contribution in [-0.4, -0.2) is 48.5 Å². The van der Waals surface area contributed by atoms with E-state index in [9.17, 15) is 14.9 Å². The van der Waals surface area contributed by atoms with Crippen LogP contribution in [-0.2, 0) is 0 Å². The Morgan fingerprint density at radius 2 is 1.66 bits per heavy atom. The fourth-order valence-corrected chi connectivity index (χ4v) is 3.24. The van der Waals surface area contributed by atoms with E-state index < -0.39 is 4.92 Å². The van der Waals surface area contributed by atoms with E-state index in [1.807, 2.05) is 29.2 Å². The molecule has 0 radical (unpaired) electrons. The van der Waals surface area contributed by atoms with Gasteiger partial charge in [-0.1, -0.05) is 13.8 Å². The number of nitro groups is 1. The molecule has 2 aromatic carbocycles. The van der Waals surface area contributed by atoms with Crippen molar-refractivity contribution >= 4 is 17.3 Å². The van der Waals surface area contributed by atoms with Crippen LogP contribution >= 0.6 is 0 Å². The summed E-state index contributed by atoms with van der Waals surface area (Å²) in [6.07, 6.45) is 1.000. The quantitative estimate of drug-likeness (QED) is 0.522. The van der Waals surface area contributed by atoms with E-state index >= 15 is 0 Å². The number of amides is 1. The fraction of sp³-hybridized carbons (Fsp3) is 0.409. The number of anilines is 1. The van der Waals surface area contributed by atoms with Crippen LogP contribution in [0.25, 0.3) is 0 Å². The summed E-state index contributed by atoms with van der Waals surface area (Å²) < 4.78 is 5.71. The van der Waals surface area contributed by atoms with Gasteiger partial charge in [-0.05, 0) is 48.7 Å². The number of non-ortho nitro benzene ring substituents is 1. The molecule has 0 saturated carbocycles. The smallest absolute Gasteiger partial charge is 0.269 e. The fourth-order valence-electron chi connectivity index (χ4n) is 3.24. The first-order chi connectivity index (χ1) is 13.9. The number of carbonyl (C=O) groups excluding carboxylic acids is 1. The van der Waals surface area contributed by atoms with Gasteiger partial charge in [0.25, 0.3) is 11.6 Å². The summed E-state index contributed by atoms with van der Waals surface area (Å²) in [7, 11) is 0. The zero-order chi connectivity index (χ0) is 20.8. The van der Waals surface area contributed by atoms with E-state index in [0.29, 0.717) is 44.3 Å². The average molecular weight is 397 g/mol. The molecule has 0 spiro atoms. The number of benzene rings is 2. The second kappa shape index (κ2) is 9.41. The molecular weight excluding hydrogens is 370 g/mol. The highest BCUT2D eigenvalue weighted by Gasteiger charge is 2.22. The summed E-state index contributed by atoms with van der Waals surface area (Å²) in [6, 6.07) is 13.9. The second-order valence-electron chi connectivity index (χ2n) is 7.61. The Kier molecular flexibility index (Phi) is 6.69. The first kappa shape index (κ1) is 20.6. The Balaban J connectivity index is 1.52. The molecule has 1 aliphatic rings. The normalized spacial score (nSPS) is 14.2. The van der Waals surface area contributed by atoms with Gasteiger partial charge in [0.1, 0.15) is 5.75 Å². The zero-order valence-corrected chi connectivity index (χ0v) is 16.9. The van der Waals surface area contributed by atoms with Gasteiger partial charge in [0.2, 0.25) is 0 Å². The lowest BCUT2D eigenvalue weighted by molar-refractivity contribution is -0.384. The maximum absolute atomic E-state index is 12.8. The highest BCUT2D eigenvalue weighted by Crippen LogP contribution is 2.21. The standard InChI is InChI=1S/C22H27N3O4/c1-17(2)11-16-29-21-9-3-18(4-10-21)22(26)24-14-12-23(13-15-24)19-5-7-20(8-6-19)25(27)28/h3-10,17H,11-16H2,1-2H3. The molecular formula is C22H27N3O4. The monoisotopic (exact) mass is 397 g/mol. The molecule has 1 fully saturated rings. The summed E-state index contributed by atoms with van der Waals surface area (Å²) in [5, 5.41) is 10.8. The largest absolute Gasteiger partial charge is 0.494 e. The highest BCUT2D eigenvalue weighted by atomic mass is 16.6. The Morgan fingerprint density at radius 1 is 1.03 bits per heavy atom. The molecule has 1 aliphatic heterocycles. The Bertz CT molecular complexity index is 826. The average Bonchev–Trinajstić information content (AvgIpc) is 2.74. The topological polar surface area (TPSA) is 75.9 Å². The highest BCUT2D eigenvalue weighted by molar-refractivity contribution is 5.94. The van der Waals surface area contributed by atoms with Crippen LogP contribution < -0.4 is 9.64 Å². The van der Waals surface area contributed by atoms with Crippen molar-refractivity contribution in [3.8, 4) is 5.75 Å². The molecule has 1 saturated heterocycles. The van der Waals surface area contributed by atoms with E-state index in [0.717, 1.165) is 17.9 Å². The number of rotatable bonds is 7. The molecule has 0 unspecified atom stereocenters. The van der Waals surface area contributed by atoms with Gasteiger partial charge in [0.15, 0.2) is 0 Å². The summed E-state index contributed by atoms with van der Waals surface area (Å²) >= 11 is 0. The minimum Gasteiger partial charge on any atom is -0.494 e. The van der Waals surface area contributed by atoms with E-state index in [2.05, 4.69) is 18.7 Å². The van der Waals surface area contributed by atoms with Crippen molar-refractivity contribution < 1.29 is 14.5 Å². The SMILES string of the molecule is CC(C)CCOc1ccc(C(=O)N2CCN(c3ccc([N+](=O)[O-])cc3)CC2)cc1. The third-order valence-electron chi connectivity index (χ3n) is 5.06. The Labute approximate surface area is 171 Å². The number of nitrogens with zero attached hydrogens (tertiary/aromatic N) is 3. The van der Waals surface area contributed by atoms with Gasteiger partial charge in [0.05, 0.1) is 11.5 Å². The first-order valence-electron chi connectivity index (χ1n) is 9.95. The number of piperazine rings is 1. The second-order valence-corrected chi connectivity index (χ2v) is 7.61. The lowest BCUT2D eigenvalue weighted by atomic mass is 10.1. The van der Waals surface area contributed by atoms with E-state index in [-0.39, 0.29) is 11.6 Å². The van der Waals surface area contributed by atoms with Crippen LogP contribution in [0, 0.1) is 16.0 Å². The minimum absolute atomic E-state index is 0.0158. The van der Waals surface area contributed by atoms with E-state index in [4.69, 9.17) is 4.74 Å². The van der Waals surface area contributed by atoms with Crippen molar-refractivity contribution in [1.29, 1.82) is 0 Å². The number of hydrogen-bond acceptors (Lipinski definition) is 5. The molecule has 1 amide bonds. The van der Waals surface area contributed by atoms with Crippen molar-refractivity contribution in [3.63, 3.8) is 0 Å². The molecule has 0 bridgehead atoms. The Morgan fingerprint density at radius 3 is 2.21 bits per heavy atom. The van der Waals surface area contributed by atoms with Crippen molar-refractivity contribution in [3.05, 3.63) is 64.2 Å². The van der Waals surface area contributed by atoms with Gasteiger partial charge < -0.3 is 14.5 Å². The van der Waals surface area contributed by atoms with Crippen molar-refractivity contribution in [2.45, 2.75) is 20.3 Å². The number of nitro benzene ring substituents is 1. The molecule has 1 heterocycles. The molecule has 0 aliphatic carbocycles. The third kappa shape index (κ3) is 5.47. The number of carbonyl (C=O) groups is 1. The van der Waals surface area contributed by atoms with Gasteiger partial charge >= 0.3 is 0 Å². The Hall–Kier alpha value is -3.09. The predicted molar refractivity (Wildman–Crippen MR) is 113 cm³/mol. The lowest BCUT2D eigenvalue weighted by Gasteiger charge is -2.36. The maximum atomic E-state index is 12.8. The van der Waals surface area contributed by atoms with E-state index in [1.54, 1.807) is 12.1 Å². The van der Waals surface area contributed by atoms with Crippen LogP contribution in [0.2, 0.25) is 0 Å². The van der Waals surface area contributed by atoms with Gasteiger partial charge in [-0.2, -0.15) is 0 Å². The van der Waals surface area contributed by atoms with Crippen LogP contribution in [0.5, 0.6) is 5.75 Å². The first-order valence-corrected chi connectivity index (χ1v) is 9.95. The lowest BCUT2D eigenvalue weighted by Crippen LogP contribution is -2.48. The molecule has 7 heteroatoms. The van der Waals surface area contributed by atoms with Gasteiger partial charge in [-0.15, -0.1) is 0 Å². The molecule has 3 rings (SSSR count). The molecule has 2 aromatic rings. The number of ether oxygens (including phenoxy) is 1. The molecule has 0 atom stereocenters. The maximum Gasteiger partial charge on any atom is 0.269 e. The molecule has 0 N–H and O–H groups in total. The molecule has 0 aromatic heterocycles. The molecule has 29 heavy (non-hydrogen) atoms. The van der Waals surface area contributed by atoms with E-state index in [1.165, 1.54) is 12.1 Å². The summed E-state index contributed by atoms with van der Waals surface area (Å²) in [6.45, 7) is 7.61. The van der Waals surface area contributed by atoms with Gasteiger partial charge in [0, 0.05) is 49.6 Å². The van der Waals surface area contributed by atoms with Crippen LogP contribution in [0.3, 0.4) is 0 Å². The van der Waals surface area contributed by atoms with Gasteiger partial charge in [-0.25, -0.2) is 0 Å².